The van der Waals surface area contributed by atoms with Crippen LogP contribution in [0.2, 0.25) is 0 Å². The van der Waals surface area contributed by atoms with E-state index in [4.69, 9.17) is 5.73 Å². The lowest BCUT2D eigenvalue weighted by Gasteiger charge is -2.48. The lowest BCUT2D eigenvalue weighted by Crippen LogP contribution is -2.59. The zero-order chi connectivity index (χ0) is 13.2. The van der Waals surface area contributed by atoms with Crippen LogP contribution in [0.1, 0.15) is 65.7 Å². The van der Waals surface area contributed by atoms with E-state index >= 15 is 0 Å². The van der Waals surface area contributed by atoms with Crippen LogP contribution >= 0.6 is 0 Å². The molecular weight excluding hydrogens is 220 g/mol. The van der Waals surface area contributed by atoms with E-state index in [0.29, 0.717) is 5.54 Å². The van der Waals surface area contributed by atoms with Crippen molar-refractivity contribution in [1.29, 1.82) is 0 Å². The highest BCUT2D eigenvalue weighted by Crippen LogP contribution is 2.47. The van der Waals surface area contributed by atoms with Crippen molar-refractivity contribution in [3.05, 3.63) is 0 Å². The molecule has 18 heavy (non-hydrogen) atoms. The second-order valence-corrected chi connectivity index (χ2v) is 6.92. The van der Waals surface area contributed by atoms with Gasteiger partial charge in [0, 0.05) is 24.7 Å². The third-order valence-corrected chi connectivity index (χ3v) is 5.20. The Hall–Kier alpha value is -0.0800. The molecule has 1 unspecified atom stereocenters. The Morgan fingerprint density at radius 1 is 1.17 bits per heavy atom. The molecule has 2 aliphatic carbocycles. The monoisotopic (exact) mass is 252 g/mol. The summed E-state index contributed by atoms with van der Waals surface area (Å²) in [6, 6.07) is 0.816. The predicted molar refractivity (Wildman–Crippen MR) is 78.6 cm³/mol. The number of hydrogen-bond donors (Lipinski definition) is 1. The minimum atomic E-state index is 0.319. The van der Waals surface area contributed by atoms with Gasteiger partial charge < -0.3 is 5.73 Å². The molecule has 2 rings (SSSR count). The third kappa shape index (κ3) is 2.75. The summed E-state index contributed by atoms with van der Waals surface area (Å²) < 4.78 is 0. The highest BCUT2D eigenvalue weighted by atomic mass is 15.2. The largest absolute Gasteiger partial charge is 0.329 e. The summed E-state index contributed by atoms with van der Waals surface area (Å²) in [5, 5.41) is 0. The van der Waals surface area contributed by atoms with E-state index in [2.05, 4.69) is 25.7 Å². The Kier molecular flexibility index (Phi) is 4.71. The summed E-state index contributed by atoms with van der Waals surface area (Å²) in [5.74, 6) is 1.63. The van der Waals surface area contributed by atoms with E-state index in [-0.39, 0.29) is 0 Å². The number of rotatable bonds is 7. The molecule has 2 aliphatic rings. The van der Waals surface area contributed by atoms with E-state index in [1.807, 2.05) is 0 Å². The van der Waals surface area contributed by atoms with Gasteiger partial charge in [-0.2, -0.15) is 0 Å². The van der Waals surface area contributed by atoms with Gasteiger partial charge in [0.25, 0.3) is 0 Å². The Bertz CT molecular complexity index is 248. The summed E-state index contributed by atoms with van der Waals surface area (Å²) in [5.41, 5.74) is 6.58. The van der Waals surface area contributed by atoms with Crippen LogP contribution in [0.25, 0.3) is 0 Å². The van der Waals surface area contributed by atoms with Crippen LogP contribution in [0, 0.1) is 11.8 Å². The van der Waals surface area contributed by atoms with Crippen molar-refractivity contribution >= 4 is 0 Å². The molecule has 0 aromatic heterocycles. The SMILES string of the molecule is CCC(CN)(C1CC1)N(CC(C)C)C1CCCC1. The van der Waals surface area contributed by atoms with Crippen molar-refractivity contribution in [1.82, 2.24) is 4.90 Å². The van der Waals surface area contributed by atoms with Crippen LogP contribution in [0.3, 0.4) is 0 Å². The molecule has 0 aromatic rings. The molecule has 2 fully saturated rings. The molecule has 2 nitrogen and oxygen atoms in total. The van der Waals surface area contributed by atoms with Crippen molar-refractivity contribution < 1.29 is 0 Å². The van der Waals surface area contributed by atoms with Crippen LogP contribution in [0.15, 0.2) is 0 Å². The summed E-state index contributed by atoms with van der Waals surface area (Å²) in [7, 11) is 0. The van der Waals surface area contributed by atoms with Gasteiger partial charge in [-0.3, -0.25) is 4.90 Å². The van der Waals surface area contributed by atoms with E-state index in [0.717, 1.165) is 24.4 Å². The maximum absolute atomic E-state index is 6.26. The first kappa shape index (κ1) is 14.3. The van der Waals surface area contributed by atoms with Crippen molar-refractivity contribution in [2.45, 2.75) is 77.3 Å². The molecule has 1 atom stereocenters. The fourth-order valence-electron chi connectivity index (χ4n) is 4.08. The molecule has 0 spiro atoms. The van der Waals surface area contributed by atoms with Gasteiger partial charge in [0.1, 0.15) is 0 Å². The van der Waals surface area contributed by atoms with Crippen LogP contribution in [-0.4, -0.2) is 29.6 Å². The summed E-state index contributed by atoms with van der Waals surface area (Å²) in [4.78, 5) is 2.85. The molecule has 2 heteroatoms. The lowest BCUT2D eigenvalue weighted by atomic mass is 9.85. The van der Waals surface area contributed by atoms with Gasteiger partial charge in [-0.05, 0) is 43.9 Å². The predicted octanol–water partition coefficient (Wildman–Crippen LogP) is 3.40. The Balaban J connectivity index is 2.18. The highest BCUT2D eigenvalue weighted by molar-refractivity contribution is 5.05. The Labute approximate surface area is 113 Å². The van der Waals surface area contributed by atoms with Gasteiger partial charge >= 0.3 is 0 Å². The fourth-order valence-corrected chi connectivity index (χ4v) is 4.08. The third-order valence-electron chi connectivity index (χ3n) is 5.20. The molecule has 0 aliphatic heterocycles. The second-order valence-electron chi connectivity index (χ2n) is 6.92. The van der Waals surface area contributed by atoms with E-state index in [1.54, 1.807) is 0 Å². The Morgan fingerprint density at radius 3 is 2.17 bits per heavy atom. The first-order valence-electron chi connectivity index (χ1n) is 8.11. The maximum atomic E-state index is 6.26. The molecule has 0 aromatic carbocycles. The van der Waals surface area contributed by atoms with Crippen LogP contribution in [-0.2, 0) is 0 Å². The first-order chi connectivity index (χ1) is 8.64. The molecular formula is C16H32N2. The number of nitrogens with zero attached hydrogens (tertiary/aromatic N) is 1. The summed E-state index contributed by atoms with van der Waals surface area (Å²) >= 11 is 0. The van der Waals surface area contributed by atoms with E-state index in [9.17, 15) is 0 Å². The van der Waals surface area contributed by atoms with E-state index in [1.165, 1.54) is 51.5 Å². The number of hydrogen-bond acceptors (Lipinski definition) is 2. The number of nitrogens with two attached hydrogens (primary N) is 1. The van der Waals surface area contributed by atoms with Gasteiger partial charge in [0.15, 0.2) is 0 Å². The minimum Gasteiger partial charge on any atom is -0.329 e. The average Bonchev–Trinajstić information content (AvgIpc) is 3.06. The van der Waals surface area contributed by atoms with Crippen molar-refractivity contribution in [2.75, 3.05) is 13.1 Å². The van der Waals surface area contributed by atoms with Gasteiger partial charge in [0.2, 0.25) is 0 Å². The van der Waals surface area contributed by atoms with Gasteiger partial charge in [-0.15, -0.1) is 0 Å². The highest BCUT2D eigenvalue weighted by Gasteiger charge is 2.49. The zero-order valence-corrected chi connectivity index (χ0v) is 12.6. The average molecular weight is 252 g/mol. The van der Waals surface area contributed by atoms with E-state index < -0.39 is 0 Å². The molecule has 0 amide bonds. The van der Waals surface area contributed by atoms with Gasteiger partial charge in [-0.1, -0.05) is 33.6 Å². The molecule has 0 heterocycles. The first-order valence-corrected chi connectivity index (χ1v) is 8.11. The molecule has 0 radical (unpaired) electrons. The van der Waals surface area contributed by atoms with Crippen molar-refractivity contribution in [2.24, 2.45) is 17.6 Å². The zero-order valence-electron chi connectivity index (χ0n) is 12.6. The smallest absolute Gasteiger partial charge is 0.0360 e. The van der Waals surface area contributed by atoms with Crippen molar-refractivity contribution in [3.8, 4) is 0 Å². The van der Waals surface area contributed by atoms with Gasteiger partial charge in [-0.25, -0.2) is 0 Å². The quantitative estimate of drug-likeness (QED) is 0.752. The minimum absolute atomic E-state index is 0.319. The lowest BCUT2D eigenvalue weighted by molar-refractivity contribution is 0.0177. The summed E-state index contributed by atoms with van der Waals surface area (Å²) in [6.45, 7) is 9.16. The molecule has 0 saturated heterocycles. The molecule has 2 N–H and O–H groups in total. The second kappa shape index (κ2) is 5.92. The standard InChI is InChI=1S/C16H32N2/c1-4-16(12-17,14-9-10-14)18(11-13(2)3)15-7-5-6-8-15/h13-15H,4-12,17H2,1-3H3. The summed E-state index contributed by atoms with van der Waals surface area (Å²) in [6.07, 6.45) is 9.71. The van der Waals surface area contributed by atoms with Crippen LogP contribution in [0.5, 0.6) is 0 Å². The van der Waals surface area contributed by atoms with Crippen LogP contribution < -0.4 is 5.73 Å². The van der Waals surface area contributed by atoms with Crippen LogP contribution in [0.4, 0.5) is 0 Å². The Morgan fingerprint density at radius 2 is 1.78 bits per heavy atom. The molecule has 0 bridgehead atoms. The maximum Gasteiger partial charge on any atom is 0.0360 e. The topological polar surface area (TPSA) is 29.3 Å². The normalized spacial score (nSPS) is 25.0. The van der Waals surface area contributed by atoms with Gasteiger partial charge in [0.05, 0.1) is 0 Å². The molecule has 106 valence electrons. The van der Waals surface area contributed by atoms with Crippen molar-refractivity contribution in [3.63, 3.8) is 0 Å². The molecule has 2 saturated carbocycles. The fraction of sp³-hybridized carbons (Fsp3) is 1.00.